The quantitative estimate of drug-likeness (QED) is 0.721. The summed E-state index contributed by atoms with van der Waals surface area (Å²) in [6, 6.07) is 5.10. The van der Waals surface area contributed by atoms with E-state index in [1.54, 1.807) is 24.4 Å². The first-order valence-electron chi connectivity index (χ1n) is 7.62. The van der Waals surface area contributed by atoms with Crippen LogP contribution >= 0.6 is 11.3 Å². The van der Waals surface area contributed by atoms with Gasteiger partial charge in [0.1, 0.15) is 11.5 Å². The summed E-state index contributed by atoms with van der Waals surface area (Å²) >= 11 is 1.22. The second-order valence-electron chi connectivity index (χ2n) is 5.42. The number of nitrogens with zero attached hydrogens (tertiary/aromatic N) is 3. The van der Waals surface area contributed by atoms with Crippen molar-refractivity contribution in [1.29, 1.82) is 0 Å². The number of thiophene rings is 1. The van der Waals surface area contributed by atoms with Gasteiger partial charge in [0.25, 0.3) is 0 Å². The highest BCUT2D eigenvalue weighted by Crippen LogP contribution is 2.33. The number of carboxylic acids is 1. The van der Waals surface area contributed by atoms with Gasteiger partial charge in [0.2, 0.25) is 5.91 Å². The van der Waals surface area contributed by atoms with Gasteiger partial charge in [0.05, 0.1) is 5.56 Å². The molecule has 0 aliphatic carbocycles. The zero-order chi connectivity index (χ0) is 18.1. The van der Waals surface area contributed by atoms with Crippen LogP contribution in [0.2, 0.25) is 0 Å². The van der Waals surface area contributed by atoms with E-state index >= 15 is 0 Å². The number of nitrogens with one attached hydrogen (secondary N) is 1. The molecule has 0 atom stereocenters. The van der Waals surface area contributed by atoms with Gasteiger partial charge in [-0.05, 0) is 31.0 Å². The number of anilines is 1. The molecule has 9 heteroatoms. The number of hydrogen-bond donors (Lipinski definition) is 2. The van der Waals surface area contributed by atoms with Crippen LogP contribution in [0.4, 0.5) is 5.00 Å². The lowest BCUT2D eigenvalue weighted by Crippen LogP contribution is -2.28. The van der Waals surface area contributed by atoms with Gasteiger partial charge in [-0.3, -0.25) is 9.20 Å². The van der Waals surface area contributed by atoms with Gasteiger partial charge >= 0.3 is 11.7 Å². The number of amides is 1. The molecular formula is C16H16N4O4S. The third-order valence-corrected chi connectivity index (χ3v) is 4.87. The molecule has 3 aromatic heterocycles. The van der Waals surface area contributed by atoms with Crippen molar-refractivity contribution in [1.82, 2.24) is 14.2 Å². The van der Waals surface area contributed by atoms with E-state index in [1.165, 1.54) is 15.7 Å². The van der Waals surface area contributed by atoms with E-state index in [2.05, 4.69) is 10.4 Å². The van der Waals surface area contributed by atoms with Crippen molar-refractivity contribution in [3.63, 3.8) is 0 Å². The standard InChI is InChI=1S/C16H16N4O4S/c1-3-10-9(2)25-14(13(10)15(22)23)17-12(21)8-20-16(24)19-7-5-4-6-11(19)18-20/h4-7H,3,8H2,1-2H3,(H,17,21)(H,22,23). The van der Waals surface area contributed by atoms with Crippen LogP contribution in [-0.4, -0.2) is 31.2 Å². The maximum Gasteiger partial charge on any atom is 0.350 e. The Morgan fingerprint density at radius 1 is 1.36 bits per heavy atom. The maximum atomic E-state index is 12.3. The molecule has 0 aromatic carbocycles. The molecule has 0 bridgehead atoms. The summed E-state index contributed by atoms with van der Waals surface area (Å²) in [6.45, 7) is 3.39. The molecule has 3 aromatic rings. The third-order valence-electron chi connectivity index (χ3n) is 3.81. The van der Waals surface area contributed by atoms with Crippen LogP contribution in [0.5, 0.6) is 0 Å². The Hall–Kier alpha value is -2.94. The predicted octanol–water partition coefficient (Wildman–Crippen LogP) is 1.77. The van der Waals surface area contributed by atoms with Crippen molar-refractivity contribution in [2.75, 3.05) is 5.32 Å². The van der Waals surface area contributed by atoms with Crippen LogP contribution in [-0.2, 0) is 17.8 Å². The van der Waals surface area contributed by atoms with E-state index < -0.39 is 17.6 Å². The number of rotatable bonds is 5. The second-order valence-corrected chi connectivity index (χ2v) is 6.64. The van der Waals surface area contributed by atoms with E-state index in [1.807, 2.05) is 13.8 Å². The van der Waals surface area contributed by atoms with Crippen molar-refractivity contribution >= 4 is 33.9 Å². The fourth-order valence-electron chi connectivity index (χ4n) is 2.69. The first-order valence-corrected chi connectivity index (χ1v) is 8.43. The van der Waals surface area contributed by atoms with Gasteiger partial charge in [-0.2, -0.15) is 0 Å². The van der Waals surface area contributed by atoms with E-state index in [9.17, 15) is 19.5 Å². The van der Waals surface area contributed by atoms with Crippen molar-refractivity contribution < 1.29 is 14.7 Å². The van der Waals surface area contributed by atoms with Gasteiger partial charge in [0, 0.05) is 11.1 Å². The van der Waals surface area contributed by atoms with E-state index in [4.69, 9.17) is 0 Å². The molecule has 8 nitrogen and oxygen atoms in total. The SMILES string of the molecule is CCc1c(C)sc(NC(=O)Cn2nc3ccccn3c2=O)c1C(=O)O. The number of carboxylic acid groups (broad SMARTS) is 1. The summed E-state index contributed by atoms with van der Waals surface area (Å²) in [5.74, 6) is -1.58. The average molecular weight is 360 g/mol. The van der Waals surface area contributed by atoms with Crippen molar-refractivity contribution in [3.05, 3.63) is 50.9 Å². The lowest BCUT2D eigenvalue weighted by molar-refractivity contribution is -0.116. The summed E-state index contributed by atoms with van der Waals surface area (Å²) in [7, 11) is 0. The van der Waals surface area contributed by atoms with E-state index in [0.717, 1.165) is 9.56 Å². The molecule has 25 heavy (non-hydrogen) atoms. The largest absolute Gasteiger partial charge is 0.478 e. The predicted molar refractivity (Wildman–Crippen MR) is 93.5 cm³/mol. The highest BCUT2D eigenvalue weighted by molar-refractivity contribution is 7.16. The number of carbonyl (C=O) groups excluding carboxylic acids is 1. The Balaban J connectivity index is 1.87. The summed E-state index contributed by atoms with van der Waals surface area (Å²) < 4.78 is 2.38. The fourth-order valence-corrected chi connectivity index (χ4v) is 3.85. The number of pyridine rings is 1. The molecule has 0 aliphatic rings. The van der Waals surface area contributed by atoms with Crippen LogP contribution in [0.1, 0.15) is 27.7 Å². The molecule has 3 heterocycles. The highest BCUT2D eigenvalue weighted by atomic mass is 32.1. The molecule has 130 valence electrons. The zero-order valence-electron chi connectivity index (χ0n) is 13.6. The molecule has 3 rings (SSSR count). The fraction of sp³-hybridized carbons (Fsp3) is 0.250. The summed E-state index contributed by atoms with van der Waals surface area (Å²) in [4.78, 5) is 36.8. The minimum absolute atomic E-state index is 0.112. The van der Waals surface area contributed by atoms with Crippen LogP contribution in [0, 0.1) is 6.92 Å². The van der Waals surface area contributed by atoms with E-state index in [-0.39, 0.29) is 17.1 Å². The summed E-state index contributed by atoms with van der Waals surface area (Å²) in [5.41, 5.74) is 0.825. The minimum atomic E-state index is -1.08. The smallest absolute Gasteiger partial charge is 0.350 e. The third kappa shape index (κ3) is 3.05. The molecular weight excluding hydrogens is 344 g/mol. The van der Waals surface area contributed by atoms with Crippen LogP contribution in [0.3, 0.4) is 0 Å². The summed E-state index contributed by atoms with van der Waals surface area (Å²) in [6.07, 6.45) is 2.13. The number of fused-ring (bicyclic) bond motifs is 1. The van der Waals surface area contributed by atoms with Crippen LogP contribution in [0.15, 0.2) is 29.2 Å². The van der Waals surface area contributed by atoms with Gasteiger partial charge < -0.3 is 10.4 Å². The van der Waals surface area contributed by atoms with Gasteiger partial charge in [0.15, 0.2) is 5.65 Å². The molecule has 0 radical (unpaired) electrons. The monoisotopic (exact) mass is 360 g/mol. The normalized spacial score (nSPS) is 11.0. The Kier molecular flexibility index (Phi) is 4.41. The number of hydrogen-bond acceptors (Lipinski definition) is 5. The highest BCUT2D eigenvalue weighted by Gasteiger charge is 2.22. The Morgan fingerprint density at radius 3 is 2.76 bits per heavy atom. The zero-order valence-corrected chi connectivity index (χ0v) is 14.5. The number of aromatic carboxylic acids is 1. The average Bonchev–Trinajstić information content (AvgIpc) is 3.04. The molecule has 0 unspecified atom stereocenters. The first-order chi connectivity index (χ1) is 11.9. The Labute approximate surface area is 146 Å². The van der Waals surface area contributed by atoms with Crippen molar-refractivity contribution in [2.45, 2.75) is 26.8 Å². The number of aryl methyl sites for hydroxylation is 1. The molecule has 0 saturated heterocycles. The lowest BCUT2D eigenvalue weighted by Gasteiger charge is -2.04. The van der Waals surface area contributed by atoms with Gasteiger partial charge in [-0.1, -0.05) is 13.0 Å². The molecule has 2 N–H and O–H groups in total. The summed E-state index contributed by atoms with van der Waals surface area (Å²) in [5, 5.41) is 16.4. The molecule has 1 amide bonds. The van der Waals surface area contributed by atoms with Crippen LogP contribution in [0.25, 0.3) is 5.65 Å². The molecule has 0 fully saturated rings. The van der Waals surface area contributed by atoms with Gasteiger partial charge in [-0.15, -0.1) is 16.4 Å². The molecule has 0 spiro atoms. The van der Waals surface area contributed by atoms with E-state index in [0.29, 0.717) is 17.6 Å². The van der Waals surface area contributed by atoms with Gasteiger partial charge in [-0.25, -0.2) is 14.3 Å². The van der Waals surface area contributed by atoms with Crippen molar-refractivity contribution in [3.8, 4) is 0 Å². The maximum absolute atomic E-state index is 12.3. The minimum Gasteiger partial charge on any atom is -0.478 e. The Bertz CT molecular complexity index is 1030. The number of aromatic nitrogens is 3. The second kappa shape index (κ2) is 6.52. The Morgan fingerprint density at radius 2 is 2.12 bits per heavy atom. The topological polar surface area (TPSA) is 106 Å². The molecule has 0 aliphatic heterocycles. The molecule has 0 saturated carbocycles. The number of carbonyl (C=O) groups is 2. The van der Waals surface area contributed by atoms with Crippen molar-refractivity contribution in [2.24, 2.45) is 0 Å². The first kappa shape index (κ1) is 16.9. The van der Waals surface area contributed by atoms with Crippen LogP contribution < -0.4 is 11.0 Å². The lowest BCUT2D eigenvalue weighted by atomic mass is 10.1.